The minimum absolute atomic E-state index is 0.518. The second-order valence-electron chi connectivity index (χ2n) is 2.87. The second-order valence-corrected chi connectivity index (χ2v) is 2.87. The first-order valence-electron chi connectivity index (χ1n) is 4.53. The molecular weight excluding hydrogens is 168 g/mol. The summed E-state index contributed by atoms with van der Waals surface area (Å²) in [5.74, 6) is 0.790. The Balaban J connectivity index is 2.31. The van der Waals surface area contributed by atoms with Crippen LogP contribution in [-0.4, -0.2) is 18.8 Å². The third-order valence-electron chi connectivity index (χ3n) is 1.56. The van der Waals surface area contributed by atoms with Gasteiger partial charge in [-0.2, -0.15) is 0 Å². The van der Waals surface area contributed by atoms with E-state index >= 15 is 0 Å². The van der Waals surface area contributed by atoms with Gasteiger partial charge in [-0.1, -0.05) is 12.1 Å². The van der Waals surface area contributed by atoms with E-state index in [4.69, 9.17) is 9.26 Å². The zero-order valence-corrected chi connectivity index (χ0v) is 8.17. The molecule has 0 radical (unpaired) electrons. The highest BCUT2D eigenvalue weighted by atomic mass is 16.5. The highest BCUT2D eigenvalue weighted by molar-refractivity contribution is 5.03. The predicted molar refractivity (Wildman–Crippen MR) is 49.2 cm³/mol. The number of ether oxygens (including phenoxy) is 1. The Hall–Kier alpha value is -0.870. The number of nitrogens with zero attached hydrogens (tertiary/aromatic N) is 1. The first-order valence-corrected chi connectivity index (χ1v) is 4.53. The molecule has 0 aromatic carbocycles. The first kappa shape index (κ1) is 10.2. The zero-order chi connectivity index (χ0) is 9.52. The quantitative estimate of drug-likeness (QED) is 0.677. The Morgan fingerprint density at radius 1 is 1.62 bits per heavy atom. The summed E-state index contributed by atoms with van der Waals surface area (Å²) in [5.41, 5.74) is 0.914. The largest absolute Gasteiger partial charge is 0.373 e. The summed E-state index contributed by atoms with van der Waals surface area (Å²) in [4.78, 5) is 0. The molecule has 13 heavy (non-hydrogen) atoms. The maximum absolute atomic E-state index is 5.31. The van der Waals surface area contributed by atoms with Crippen LogP contribution in [0.5, 0.6) is 0 Å². The molecule has 0 atom stereocenters. The molecule has 74 valence electrons. The van der Waals surface area contributed by atoms with Crippen molar-refractivity contribution < 1.29 is 9.26 Å². The molecule has 1 aromatic heterocycles. The Labute approximate surface area is 78.2 Å². The molecule has 1 heterocycles. The fourth-order valence-corrected chi connectivity index (χ4v) is 1.01. The van der Waals surface area contributed by atoms with Crippen molar-refractivity contribution in [1.82, 2.24) is 10.5 Å². The molecule has 0 bridgehead atoms. The average Bonchev–Trinajstić information content (AvgIpc) is 2.54. The molecule has 4 heteroatoms. The summed E-state index contributed by atoms with van der Waals surface area (Å²) in [5, 5.41) is 6.87. The Morgan fingerprint density at radius 3 is 3.15 bits per heavy atom. The van der Waals surface area contributed by atoms with Crippen molar-refractivity contribution in [3.05, 3.63) is 17.5 Å². The molecule has 1 rings (SSSR count). The fraction of sp³-hybridized carbons (Fsp3) is 0.667. The molecule has 0 aliphatic heterocycles. The number of hydrogen-bond donors (Lipinski definition) is 1. The minimum Gasteiger partial charge on any atom is -0.373 e. The lowest BCUT2D eigenvalue weighted by Gasteiger charge is -1.96. The van der Waals surface area contributed by atoms with Gasteiger partial charge in [0.15, 0.2) is 5.76 Å². The second kappa shape index (κ2) is 5.72. The molecule has 0 saturated carbocycles. The van der Waals surface area contributed by atoms with Gasteiger partial charge < -0.3 is 14.6 Å². The molecule has 0 aliphatic carbocycles. The summed E-state index contributed by atoms with van der Waals surface area (Å²) in [6.07, 6.45) is 1.03. The molecule has 0 saturated heterocycles. The van der Waals surface area contributed by atoms with Crippen LogP contribution < -0.4 is 5.32 Å². The summed E-state index contributed by atoms with van der Waals surface area (Å²) in [6, 6.07) is 1.91. The number of aromatic nitrogens is 1. The molecule has 0 fully saturated rings. The van der Waals surface area contributed by atoms with Crippen LogP contribution >= 0.6 is 0 Å². The molecule has 0 unspecified atom stereocenters. The van der Waals surface area contributed by atoms with Crippen molar-refractivity contribution in [2.75, 3.05) is 13.7 Å². The van der Waals surface area contributed by atoms with Gasteiger partial charge in [-0.15, -0.1) is 0 Å². The summed E-state index contributed by atoms with van der Waals surface area (Å²) in [6.45, 7) is 4.09. The Bertz CT molecular complexity index is 235. The van der Waals surface area contributed by atoms with E-state index in [0.717, 1.165) is 31.0 Å². The average molecular weight is 184 g/mol. The van der Waals surface area contributed by atoms with Gasteiger partial charge in [0, 0.05) is 19.2 Å². The van der Waals surface area contributed by atoms with Crippen molar-refractivity contribution in [3.63, 3.8) is 0 Å². The van der Waals surface area contributed by atoms with E-state index in [-0.39, 0.29) is 0 Å². The lowest BCUT2D eigenvalue weighted by Crippen LogP contribution is -2.04. The van der Waals surface area contributed by atoms with Gasteiger partial charge in [0.25, 0.3) is 0 Å². The standard InChI is InChI=1S/C9H16N2O2/c1-3-4-12-7-9-5-8(6-10-2)11-13-9/h5,10H,3-4,6-7H2,1-2H3. The van der Waals surface area contributed by atoms with Gasteiger partial charge in [-0.05, 0) is 13.5 Å². The summed E-state index contributed by atoms with van der Waals surface area (Å²) < 4.78 is 10.4. The van der Waals surface area contributed by atoms with Crippen molar-refractivity contribution >= 4 is 0 Å². The van der Waals surface area contributed by atoms with E-state index in [1.807, 2.05) is 13.1 Å². The number of nitrogens with one attached hydrogen (secondary N) is 1. The van der Waals surface area contributed by atoms with Crippen LogP contribution in [0.2, 0.25) is 0 Å². The topological polar surface area (TPSA) is 47.3 Å². The molecular formula is C9H16N2O2. The minimum atomic E-state index is 0.518. The van der Waals surface area contributed by atoms with Gasteiger partial charge in [0.1, 0.15) is 6.61 Å². The van der Waals surface area contributed by atoms with Gasteiger partial charge in [-0.3, -0.25) is 0 Å². The maximum atomic E-state index is 5.31. The summed E-state index contributed by atoms with van der Waals surface area (Å²) in [7, 11) is 1.88. The SMILES string of the molecule is CCCOCc1cc(CNC)no1. The molecule has 4 nitrogen and oxygen atoms in total. The van der Waals surface area contributed by atoms with E-state index < -0.39 is 0 Å². The highest BCUT2D eigenvalue weighted by Crippen LogP contribution is 2.04. The first-order chi connectivity index (χ1) is 6.36. The monoisotopic (exact) mass is 184 g/mol. The smallest absolute Gasteiger partial charge is 0.162 e. The lowest BCUT2D eigenvalue weighted by molar-refractivity contribution is 0.102. The van der Waals surface area contributed by atoms with E-state index in [1.165, 1.54) is 0 Å². The van der Waals surface area contributed by atoms with Crippen LogP contribution in [0.4, 0.5) is 0 Å². The van der Waals surface area contributed by atoms with E-state index in [2.05, 4.69) is 17.4 Å². The molecule has 0 spiro atoms. The van der Waals surface area contributed by atoms with Crippen LogP contribution in [-0.2, 0) is 17.9 Å². The van der Waals surface area contributed by atoms with Gasteiger partial charge >= 0.3 is 0 Å². The van der Waals surface area contributed by atoms with Crippen molar-refractivity contribution in [3.8, 4) is 0 Å². The fourth-order valence-electron chi connectivity index (χ4n) is 1.01. The van der Waals surface area contributed by atoms with Crippen molar-refractivity contribution in [2.45, 2.75) is 26.5 Å². The van der Waals surface area contributed by atoms with Gasteiger partial charge in [0.05, 0.1) is 5.69 Å². The van der Waals surface area contributed by atoms with Gasteiger partial charge in [0.2, 0.25) is 0 Å². The van der Waals surface area contributed by atoms with Crippen LogP contribution in [0.3, 0.4) is 0 Å². The maximum Gasteiger partial charge on any atom is 0.162 e. The van der Waals surface area contributed by atoms with E-state index in [9.17, 15) is 0 Å². The Kier molecular flexibility index (Phi) is 4.49. The van der Waals surface area contributed by atoms with Crippen LogP contribution in [0.1, 0.15) is 24.8 Å². The predicted octanol–water partition coefficient (Wildman–Crippen LogP) is 1.32. The van der Waals surface area contributed by atoms with Crippen molar-refractivity contribution in [1.29, 1.82) is 0 Å². The molecule has 1 aromatic rings. The van der Waals surface area contributed by atoms with E-state index in [0.29, 0.717) is 6.61 Å². The summed E-state index contributed by atoms with van der Waals surface area (Å²) >= 11 is 0. The van der Waals surface area contributed by atoms with Crippen LogP contribution in [0, 0.1) is 0 Å². The molecule has 1 N–H and O–H groups in total. The van der Waals surface area contributed by atoms with Crippen LogP contribution in [0.15, 0.2) is 10.6 Å². The van der Waals surface area contributed by atoms with Crippen LogP contribution in [0.25, 0.3) is 0 Å². The number of hydrogen-bond acceptors (Lipinski definition) is 4. The zero-order valence-electron chi connectivity index (χ0n) is 8.17. The number of rotatable bonds is 6. The lowest BCUT2D eigenvalue weighted by atomic mass is 10.4. The normalized spacial score (nSPS) is 10.6. The third-order valence-corrected chi connectivity index (χ3v) is 1.56. The Morgan fingerprint density at radius 2 is 2.46 bits per heavy atom. The molecule has 0 aliphatic rings. The molecule has 0 amide bonds. The van der Waals surface area contributed by atoms with E-state index in [1.54, 1.807) is 0 Å². The third kappa shape index (κ3) is 3.57. The highest BCUT2D eigenvalue weighted by Gasteiger charge is 2.02. The van der Waals surface area contributed by atoms with Crippen molar-refractivity contribution in [2.24, 2.45) is 0 Å². The van der Waals surface area contributed by atoms with Gasteiger partial charge in [-0.25, -0.2) is 0 Å².